The van der Waals surface area contributed by atoms with Crippen LogP contribution in [0.4, 0.5) is 0 Å². The highest BCUT2D eigenvalue weighted by molar-refractivity contribution is 6.51. The Kier molecular flexibility index (Phi) is 3.83. The lowest BCUT2D eigenvalue weighted by Crippen LogP contribution is -2.49. The Labute approximate surface area is 153 Å². The number of nitrogens with zero attached hydrogens (tertiary/aromatic N) is 1. The molecule has 0 radical (unpaired) electrons. The Bertz CT molecular complexity index is 1110. The molecule has 2 aromatic heterocycles. The fourth-order valence-electron chi connectivity index (χ4n) is 3.07. The van der Waals surface area contributed by atoms with Crippen LogP contribution in [0.25, 0.3) is 32.7 Å². The van der Waals surface area contributed by atoms with E-state index in [4.69, 9.17) is 9.07 Å². The van der Waals surface area contributed by atoms with Crippen molar-refractivity contribution in [3.05, 3.63) is 48.8 Å². The Balaban J connectivity index is 1.84. The Hall–Kier alpha value is -2.37. The van der Waals surface area contributed by atoms with Gasteiger partial charge in [0.15, 0.2) is 0 Å². The van der Waals surface area contributed by atoms with E-state index in [1.54, 1.807) is 20.0 Å². The number of pyridine rings is 1. The topological polar surface area (TPSA) is 55.5 Å². The molecule has 0 saturated heterocycles. The third kappa shape index (κ3) is 2.68. The molecule has 5 heteroatoms. The Morgan fingerprint density at radius 1 is 1.04 bits per heavy atom. The lowest BCUT2D eigenvalue weighted by atomic mass is 9.82. The molecule has 26 heavy (non-hydrogen) atoms. The number of benzene rings is 2. The van der Waals surface area contributed by atoms with Gasteiger partial charge in [0, 0.05) is 28.6 Å². The van der Waals surface area contributed by atoms with Gasteiger partial charge in [-0.05, 0) is 56.7 Å². The van der Waals surface area contributed by atoms with Gasteiger partial charge in [-0.2, -0.15) is 0 Å². The van der Waals surface area contributed by atoms with Crippen LogP contribution in [0.5, 0.6) is 0 Å². The van der Waals surface area contributed by atoms with Crippen molar-refractivity contribution in [1.29, 1.82) is 0 Å². The molecule has 0 atom stereocenters. The maximum atomic E-state index is 10.3. The molecule has 1 N–H and O–H groups in total. The summed E-state index contributed by atoms with van der Waals surface area (Å²) in [7, 11) is 0.369. The molecule has 4 aromatic rings. The summed E-state index contributed by atoms with van der Waals surface area (Å²) in [5, 5.41) is 14.7. The molecule has 0 fully saturated rings. The summed E-state index contributed by atoms with van der Waals surface area (Å²) < 4.78 is 12.2. The van der Waals surface area contributed by atoms with Crippen molar-refractivity contribution in [3.63, 3.8) is 0 Å². The quantitative estimate of drug-likeness (QED) is 0.572. The first kappa shape index (κ1) is 17.1. The van der Waals surface area contributed by atoms with Gasteiger partial charge in [0.1, 0.15) is 11.2 Å². The average Bonchev–Trinajstić information content (AvgIpc) is 2.98. The van der Waals surface area contributed by atoms with Crippen LogP contribution in [-0.2, 0) is 4.65 Å². The molecule has 0 saturated carbocycles. The summed E-state index contributed by atoms with van der Waals surface area (Å²) in [5.41, 5.74) is 1.03. The zero-order valence-corrected chi connectivity index (χ0v) is 15.5. The van der Waals surface area contributed by atoms with E-state index in [0.717, 1.165) is 38.2 Å². The van der Waals surface area contributed by atoms with E-state index in [1.165, 1.54) is 0 Å². The van der Waals surface area contributed by atoms with Crippen molar-refractivity contribution in [3.8, 4) is 0 Å². The fraction of sp³-hybridized carbons (Fsp3) is 0.286. The minimum absolute atomic E-state index is 0.369. The van der Waals surface area contributed by atoms with Gasteiger partial charge in [-0.25, -0.2) is 0 Å². The standard InChI is InChI=1S/C21H22BNO3/c1-20(2,24)21(3,4)26-22-16-7-5-6-15-18-14-10-11-23-12-13(14)8-9-17(18)25-19(15)16/h5-12,22,24H,1-4H3. The van der Waals surface area contributed by atoms with Gasteiger partial charge >= 0.3 is 7.48 Å². The summed E-state index contributed by atoms with van der Waals surface area (Å²) >= 11 is 0. The van der Waals surface area contributed by atoms with Crippen LogP contribution in [0.1, 0.15) is 27.7 Å². The summed E-state index contributed by atoms with van der Waals surface area (Å²) in [6.07, 6.45) is 3.67. The number of aliphatic hydroxyl groups is 1. The molecule has 2 aromatic carbocycles. The van der Waals surface area contributed by atoms with Crippen molar-refractivity contribution >= 4 is 45.7 Å². The van der Waals surface area contributed by atoms with Crippen molar-refractivity contribution in [1.82, 2.24) is 4.98 Å². The van der Waals surface area contributed by atoms with Crippen molar-refractivity contribution in [2.75, 3.05) is 0 Å². The molecule has 0 bridgehead atoms. The Morgan fingerprint density at radius 2 is 1.85 bits per heavy atom. The third-order valence-electron chi connectivity index (χ3n) is 5.42. The molecule has 4 nitrogen and oxygen atoms in total. The van der Waals surface area contributed by atoms with Crippen LogP contribution in [-0.4, -0.2) is 28.8 Å². The van der Waals surface area contributed by atoms with Crippen LogP contribution < -0.4 is 5.46 Å². The minimum atomic E-state index is -0.946. The van der Waals surface area contributed by atoms with E-state index in [0.29, 0.717) is 7.48 Å². The highest BCUT2D eigenvalue weighted by Crippen LogP contribution is 2.33. The van der Waals surface area contributed by atoms with E-state index < -0.39 is 11.2 Å². The Morgan fingerprint density at radius 3 is 2.62 bits per heavy atom. The monoisotopic (exact) mass is 347 g/mol. The van der Waals surface area contributed by atoms with Gasteiger partial charge in [-0.1, -0.05) is 18.2 Å². The van der Waals surface area contributed by atoms with Crippen molar-refractivity contribution < 1.29 is 14.2 Å². The van der Waals surface area contributed by atoms with E-state index in [9.17, 15) is 5.11 Å². The lowest BCUT2D eigenvalue weighted by molar-refractivity contribution is -0.0893. The molecule has 132 valence electrons. The molecular weight excluding hydrogens is 325 g/mol. The van der Waals surface area contributed by atoms with Gasteiger partial charge in [0.25, 0.3) is 0 Å². The molecule has 2 heterocycles. The van der Waals surface area contributed by atoms with Crippen molar-refractivity contribution in [2.45, 2.75) is 38.9 Å². The SMILES string of the molecule is CC(C)(O)C(C)(C)OBc1cccc2c1oc1ccc3cnccc3c12. The summed E-state index contributed by atoms with van der Waals surface area (Å²) in [6.45, 7) is 7.31. The molecule has 0 aliphatic heterocycles. The number of fused-ring (bicyclic) bond motifs is 5. The van der Waals surface area contributed by atoms with Gasteiger partial charge in [-0.15, -0.1) is 0 Å². The van der Waals surface area contributed by atoms with Crippen LogP contribution in [0.2, 0.25) is 0 Å². The third-order valence-corrected chi connectivity index (χ3v) is 5.42. The maximum absolute atomic E-state index is 10.3. The van der Waals surface area contributed by atoms with Gasteiger partial charge in [-0.3, -0.25) is 4.98 Å². The number of hydrogen-bond acceptors (Lipinski definition) is 4. The smallest absolute Gasteiger partial charge is 0.313 e. The predicted octanol–water partition coefficient (Wildman–Crippen LogP) is 3.68. The zero-order valence-electron chi connectivity index (χ0n) is 15.5. The molecule has 0 aliphatic carbocycles. The predicted molar refractivity (Wildman–Crippen MR) is 107 cm³/mol. The number of aromatic nitrogens is 1. The van der Waals surface area contributed by atoms with E-state index in [-0.39, 0.29) is 0 Å². The van der Waals surface area contributed by atoms with Crippen LogP contribution in [0.15, 0.2) is 53.2 Å². The van der Waals surface area contributed by atoms with Crippen molar-refractivity contribution in [2.24, 2.45) is 0 Å². The normalized spacial score (nSPS) is 13.0. The van der Waals surface area contributed by atoms with E-state index in [1.807, 2.05) is 50.4 Å². The second-order valence-electron chi connectivity index (χ2n) is 7.79. The van der Waals surface area contributed by atoms with Gasteiger partial charge in [0.2, 0.25) is 0 Å². The number of para-hydroxylation sites is 1. The van der Waals surface area contributed by atoms with Crippen LogP contribution in [0.3, 0.4) is 0 Å². The first-order chi connectivity index (χ1) is 12.3. The fourth-order valence-corrected chi connectivity index (χ4v) is 3.07. The summed E-state index contributed by atoms with van der Waals surface area (Å²) in [5.74, 6) is 0. The highest BCUT2D eigenvalue weighted by Gasteiger charge is 2.35. The van der Waals surface area contributed by atoms with E-state index in [2.05, 4.69) is 11.1 Å². The molecule has 0 spiro atoms. The molecule has 0 unspecified atom stereocenters. The largest absolute Gasteiger partial charge is 0.457 e. The second-order valence-corrected chi connectivity index (χ2v) is 7.79. The maximum Gasteiger partial charge on any atom is 0.313 e. The first-order valence-electron chi connectivity index (χ1n) is 8.81. The number of furan rings is 1. The molecule has 0 aliphatic rings. The lowest BCUT2D eigenvalue weighted by Gasteiger charge is -2.37. The van der Waals surface area contributed by atoms with Crippen LogP contribution in [0, 0.1) is 0 Å². The van der Waals surface area contributed by atoms with Crippen LogP contribution >= 0.6 is 0 Å². The number of hydrogen-bond donors (Lipinski definition) is 1. The second kappa shape index (κ2) is 5.83. The average molecular weight is 347 g/mol. The summed E-state index contributed by atoms with van der Waals surface area (Å²) in [6, 6.07) is 12.1. The summed E-state index contributed by atoms with van der Waals surface area (Å²) in [4.78, 5) is 4.21. The van der Waals surface area contributed by atoms with E-state index >= 15 is 0 Å². The number of rotatable bonds is 4. The minimum Gasteiger partial charge on any atom is -0.457 e. The highest BCUT2D eigenvalue weighted by atomic mass is 16.5. The molecular formula is C21H22BNO3. The molecule has 4 rings (SSSR count). The van der Waals surface area contributed by atoms with Gasteiger partial charge in [0.05, 0.1) is 11.2 Å². The molecule has 0 amide bonds. The zero-order chi connectivity index (χ0) is 18.5. The first-order valence-corrected chi connectivity index (χ1v) is 8.81. The van der Waals surface area contributed by atoms with Gasteiger partial charge < -0.3 is 14.2 Å².